The Morgan fingerprint density at radius 1 is 0.905 bits per heavy atom. The molecule has 0 atom stereocenters. The Kier molecular flexibility index (Phi) is 10.3. The molecule has 0 fully saturated rings. The average molecular weight is 590 g/mol. The first-order valence-electron chi connectivity index (χ1n) is 13.5. The lowest BCUT2D eigenvalue weighted by Gasteiger charge is -2.24. The number of carbonyl (C=O) groups excluding carboxylic acids is 4. The van der Waals surface area contributed by atoms with Gasteiger partial charge in [-0.05, 0) is 66.6 Å². The minimum Gasteiger partial charge on any atom is -0.465 e. The van der Waals surface area contributed by atoms with E-state index in [4.69, 9.17) is 21.1 Å². The predicted octanol–water partition coefficient (Wildman–Crippen LogP) is 4.96. The molecule has 1 N–H and O–H groups in total. The molecule has 0 bridgehead atoms. The number of rotatable bonds is 11. The van der Waals surface area contributed by atoms with Crippen LogP contribution in [0.5, 0.6) is 0 Å². The molecule has 0 unspecified atom stereocenters. The van der Waals surface area contributed by atoms with Crippen LogP contribution in [-0.2, 0) is 27.4 Å². The smallest absolute Gasteiger partial charge is 0.337 e. The van der Waals surface area contributed by atoms with Crippen LogP contribution in [0.25, 0.3) is 0 Å². The lowest BCUT2D eigenvalue weighted by atomic mass is 10.1. The van der Waals surface area contributed by atoms with Gasteiger partial charge in [-0.3, -0.25) is 14.4 Å². The van der Waals surface area contributed by atoms with Gasteiger partial charge in [0, 0.05) is 48.0 Å². The molecule has 42 heavy (non-hydrogen) atoms. The van der Waals surface area contributed by atoms with Crippen molar-refractivity contribution < 1.29 is 28.7 Å². The second kappa shape index (κ2) is 14.3. The van der Waals surface area contributed by atoms with Crippen LogP contribution in [0.3, 0.4) is 0 Å². The highest BCUT2D eigenvalue weighted by molar-refractivity contribution is 6.30. The summed E-state index contributed by atoms with van der Waals surface area (Å²) in [6.45, 7) is 3.26. The van der Waals surface area contributed by atoms with Gasteiger partial charge in [0.05, 0.1) is 19.3 Å². The third-order valence-electron chi connectivity index (χ3n) is 6.69. The van der Waals surface area contributed by atoms with Crippen LogP contribution in [-0.4, -0.2) is 66.9 Å². The first-order chi connectivity index (χ1) is 20.3. The minimum absolute atomic E-state index is 0.0281. The molecular weight excluding hydrogens is 558 g/mol. The molecule has 0 saturated carbocycles. The number of nitrogens with zero attached hydrogens (tertiary/aromatic N) is 2. The van der Waals surface area contributed by atoms with Gasteiger partial charge in [-0.15, -0.1) is 0 Å². The Balaban J connectivity index is 1.56. The Morgan fingerprint density at radius 2 is 1.55 bits per heavy atom. The van der Waals surface area contributed by atoms with E-state index in [2.05, 4.69) is 5.32 Å². The molecule has 1 aliphatic heterocycles. The standard InChI is InChI=1S/C32H32ClN3O6/c1-3-42-29(37)21-36(31(39)24-12-14-27(33)15-13-24)20-26-11-10-25(32(40)41-2)18-28(26)34-19-22-6-8-23(9-7-22)30(38)35-16-4-5-17-35/h4-15,18,34H,3,16-17,19-21H2,1-2H3. The molecule has 1 heterocycles. The molecular formula is C32H32ClN3O6. The van der Waals surface area contributed by atoms with Crippen LogP contribution in [0, 0.1) is 0 Å². The van der Waals surface area contributed by atoms with Gasteiger partial charge in [-0.2, -0.15) is 0 Å². The fraction of sp³-hybridized carbons (Fsp3) is 0.250. The Bertz CT molecular complexity index is 1460. The van der Waals surface area contributed by atoms with Crippen molar-refractivity contribution in [2.24, 2.45) is 0 Å². The number of methoxy groups -OCH3 is 1. The minimum atomic E-state index is -0.542. The summed E-state index contributed by atoms with van der Waals surface area (Å²) in [6.07, 6.45) is 3.93. The van der Waals surface area contributed by atoms with Gasteiger partial charge in [-0.25, -0.2) is 4.79 Å². The van der Waals surface area contributed by atoms with Gasteiger partial charge < -0.3 is 24.6 Å². The Labute approximate surface area is 249 Å². The number of carbonyl (C=O) groups is 4. The number of halogens is 1. The fourth-order valence-electron chi connectivity index (χ4n) is 4.46. The third kappa shape index (κ3) is 7.76. The lowest BCUT2D eigenvalue weighted by Crippen LogP contribution is -2.36. The fourth-order valence-corrected chi connectivity index (χ4v) is 4.58. The number of hydrogen-bond donors (Lipinski definition) is 1. The molecule has 0 spiro atoms. The van der Waals surface area contributed by atoms with Crippen molar-refractivity contribution in [2.75, 3.05) is 38.7 Å². The molecule has 9 nitrogen and oxygen atoms in total. The first kappa shape index (κ1) is 30.3. The van der Waals surface area contributed by atoms with Crippen molar-refractivity contribution in [1.82, 2.24) is 9.80 Å². The number of benzene rings is 3. The van der Waals surface area contributed by atoms with E-state index in [1.54, 1.807) is 66.4 Å². The maximum atomic E-state index is 13.4. The highest BCUT2D eigenvalue weighted by Gasteiger charge is 2.22. The summed E-state index contributed by atoms with van der Waals surface area (Å²) in [5, 5.41) is 3.82. The third-order valence-corrected chi connectivity index (χ3v) is 6.94. The quantitative estimate of drug-likeness (QED) is 0.249. The van der Waals surface area contributed by atoms with Crippen molar-refractivity contribution in [1.29, 1.82) is 0 Å². The molecule has 10 heteroatoms. The van der Waals surface area contributed by atoms with Crippen LogP contribution in [0.2, 0.25) is 5.02 Å². The number of amides is 2. The van der Waals surface area contributed by atoms with Crippen molar-refractivity contribution in [2.45, 2.75) is 20.0 Å². The van der Waals surface area contributed by atoms with E-state index in [0.29, 0.717) is 52.6 Å². The van der Waals surface area contributed by atoms with Crippen LogP contribution in [0.4, 0.5) is 5.69 Å². The first-order valence-corrected chi connectivity index (χ1v) is 13.9. The molecule has 3 aromatic carbocycles. The molecule has 218 valence electrons. The van der Waals surface area contributed by atoms with E-state index in [9.17, 15) is 19.2 Å². The van der Waals surface area contributed by atoms with Crippen LogP contribution >= 0.6 is 11.6 Å². The monoisotopic (exact) mass is 589 g/mol. The number of nitrogens with one attached hydrogen (secondary N) is 1. The summed E-state index contributed by atoms with van der Waals surface area (Å²) in [7, 11) is 1.30. The van der Waals surface area contributed by atoms with E-state index in [-0.39, 0.29) is 31.5 Å². The predicted molar refractivity (Wildman–Crippen MR) is 159 cm³/mol. The molecule has 3 aromatic rings. The van der Waals surface area contributed by atoms with Crippen LogP contribution < -0.4 is 5.32 Å². The summed E-state index contributed by atoms with van der Waals surface area (Å²) >= 11 is 6.00. The van der Waals surface area contributed by atoms with Crippen molar-refractivity contribution in [3.8, 4) is 0 Å². The summed E-state index contributed by atoms with van der Waals surface area (Å²) < 4.78 is 10.0. The number of esters is 2. The number of ether oxygens (including phenoxy) is 2. The molecule has 0 radical (unpaired) electrons. The Hall–Kier alpha value is -4.63. The zero-order valence-corrected chi connectivity index (χ0v) is 24.2. The zero-order valence-electron chi connectivity index (χ0n) is 23.5. The average Bonchev–Trinajstić information content (AvgIpc) is 3.55. The SMILES string of the molecule is CCOC(=O)CN(Cc1ccc(C(=O)OC)cc1NCc1ccc(C(=O)N2CC=CC2)cc1)C(=O)c1ccc(Cl)cc1. The normalized spacial score (nSPS) is 12.1. The van der Waals surface area contributed by atoms with Crippen molar-refractivity contribution in [3.63, 3.8) is 0 Å². The highest BCUT2D eigenvalue weighted by Crippen LogP contribution is 2.23. The van der Waals surface area contributed by atoms with Gasteiger partial charge in [0.2, 0.25) is 0 Å². The molecule has 0 saturated heterocycles. The summed E-state index contributed by atoms with van der Waals surface area (Å²) in [6, 6.07) is 18.7. The van der Waals surface area contributed by atoms with Crippen molar-refractivity contribution >= 4 is 41.0 Å². The largest absolute Gasteiger partial charge is 0.465 e. The topological polar surface area (TPSA) is 105 Å². The molecule has 0 aliphatic carbocycles. The highest BCUT2D eigenvalue weighted by atomic mass is 35.5. The second-order valence-electron chi connectivity index (χ2n) is 9.57. The van der Waals surface area contributed by atoms with E-state index >= 15 is 0 Å². The van der Waals surface area contributed by atoms with Gasteiger partial charge in [0.25, 0.3) is 11.8 Å². The van der Waals surface area contributed by atoms with Crippen LogP contribution in [0.1, 0.15) is 49.1 Å². The van der Waals surface area contributed by atoms with Gasteiger partial charge >= 0.3 is 11.9 Å². The number of anilines is 1. The van der Waals surface area contributed by atoms with Crippen molar-refractivity contribution in [3.05, 3.63) is 112 Å². The van der Waals surface area contributed by atoms with E-state index in [0.717, 1.165) is 5.56 Å². The van der Waals surface area contributed by atoms with Gasteiger partial charge in [0.15, 0.2) is 0 Å². The van der Waals surface area contributed by atoms with E-state index < -0.39 is 11.9 Å². The Morgan fingerprint density at radius 3 is 2.19 bits per heavy atom. The lowest BCUT2D eigenvalue weighted by molar-refractivity contribution is -0.143. The second-order valence-corrected chi connectivity index (χ2v) is 10.0. The summed E-state index contributed by atoms with van der Waals surface area (Å²) in [5.41, 5.74) is 3.45. The van der Waals surface area contributed by atoms with Gasteiger partial charge in [-0.1, -0.05) is 42.0 Å². The van der Waals surface area contributed by atoms with E-state index in [1.807, 2.05) is 24.3 Å². The molecule has 4 rings (SSSR count). The zero-order chi connectivity index (χ0) is 30.1. The maximum Gasteiger partial charge on any atom is 0.337 e. The molecule has 2 amide bonds. The molecule has 1 aliphatic rings. The summed E-state index contributed by atoms with van der Waals surface area (Å²) in [5.74, 6) is -1.46. The van der Waals surface area contributed by atoms with E-state index in [1.165, 1.54) is 12.0 Å². The summed E-state index contributed by atoms with van der Waals surface area (Å²) in [4.78, 5) is 54.0. The van der Waals surface area contributed by atoms with Crippen LogP contribution in [0.15, 0.2) is 78.9 Å². The molecule has 0 aromatic heterocycles. The maximum absolute atomic E-state index is 13.4. The van der Waals surface area contributed by atoms with Gasteiger partial charge in [0.1, 0.15) is 6.54 Å². The number of hydrogen-bond acceptors (Lipinski definition) is 7.